The molecule has 0 unspecified atom stereocenters. The summed E-state index contributed by atoms with van der Waals surface area (Å²) in [7, 11) is 0. The Bertz CT molecular complexity index is 1100. The fraction of sp³-hybridized carbons (Fsp3) is 0.368. The number of pyridine rings is 1. The Kier molecular flexibility index (Phi) is 4.51. The zero-order valence-corrected chi connectivity index (χ0v) is 15.6. The normalized spacial score (nSPS) is 15.5. The van der Waals surface area contributed by atoms with Crippen LogP contribution in [-0.2, 0) is 0 Å². The third-order valence-corrected chi connectivity index (χ3v) is 4.96. The maximum Gasteiger partial charge on any atom is 0.408 e. The van der Waals surface area contributed by atoms with Gasteiger partial charge in [0.25, 0.3) is 5.91 Å². The SMILES string of the molecule is Cc1ncc(F)cc1-c1cc(C)n2ncc(C(=O)N[C@@H](C3CC3)C(F)(F)F)c2n1. The van der Waals surface area contributed by atoms with Crippen molar-refractivity contribution < 1.29 is 22.4 Å². The minimum Gasteiger partial charge on any atom is -0.340 e. The Morgan fingerprint density at radius 1 is 1.24 bits per heavy atom. The van der Waals surface area contributed by atoms with E-state index in [9.17, 15) is 22.4 Å². The standard InChI is InChI=1S/C19H17F4N5O/c1-9-5-15(13-6-12(20)7-24-10(13)2)26-17-14(8-25-28(9)17)18(29)27-16(11-3-4-11)19(21,22)23/h5-8,11,16H,3-4H2,1-2H3,(H,27,29)/t16-/m0/s1. The minimum absolute atomic E-state index is 0.0770. The number of nitrogens with one attached hydrogen (secondary N) is 1. The number of amides is 1. The molecule has 0 saturated heterocycles. The number of rotatable bonds is 4. The molecule has 29 heavy (non-hydrogen) atoms. The van der Waals surface area contributed by atoms with Crippen molar-refractivity contribution in [1.29, 1.82) is 0 Å². The van der Waals surface area contributed by atoms with E-state index in [1.54, 1.807) is 19.9 Å². The first-order valence-corrected chi connectivity index (χ1v) is 9.00. The lowest BCUT2D eigenvalue weighted by molar-refractivity contribution is -0.158. The number of nitrogens with zero attached hydrogens (tertiary/aromatic N) is 4. The van der Waals surface area contributed by atoms with Gasteiger partial charge in [0, 0.05) is 17.0 Å². The lowest BCUT2D eigenvalue weighted by atomic mass is 10.1. The van der Waals surface area contributed by atoms with Crippen molar-refractivity contribution in [3.05, 3.63) is 47.3 Å². The molecule has 152 valence electrons. The van der Waals surface area contributed by atoms with Gasteiger partial charge in [-0.25, -0.2) is 13.9 Å². The van der Waals surface area contributed by atoms with Gasteiger partial charge in [0.1, 0.15) is 17.4 Å². The number of hydrogen-bond acceptors (Lipinski definition) is 4. The summed E-state index contributed by atoms with van der Waals surface area (Å²) in [4.78, 5) is 20.9. The van der Waals surface area contributed by atoms with Crippen molar-refractivity contribution in [3.8, 4) is 11.3 Å². The highest BCUT2D eigenvalue weighted by molar-refractivity contribution is 6.00. The van der Waals surface area contributed by atoms with Crippen LogP contribution in [0.4, 0.5) is 17.6 Å². The molecular formula is C19H17F4N5O. The molecule has 1 aliphatic carbocycles. The van der Waals surface area contributed by atoms with Crippen LogP contribution in [-0.4, -0.2) is 37.7 Å². The van der Waals surface area contributed by atoms with Gasteiger partial charge in [0.15, 0.2) is 5.65 Å². The molecule has 1 aliphatic rings. The van der Waals surface area contributed by atoms with E-state index in [2.05, 4.69) is 20.4 Å². The monoisotopic (exact) mass is 407 g/mol. The van der Waals surface area contributed by atoms with Crippen LogP contribution in [0, 0.1) is 25.6 Å². The van der Waals surface area contributed by atoms with Crippen LogP contribution < -0.4 is 5.32 Å². The Labute approximate surface area is 163 Å². The number of aryl methyl sites for hydroxylation is 2. The highest BCUT2D eigenvalue weighted by Crippen LogP contribution is 2.40. The van der Waals surface area contributed by atoms with Gasteiger partial charge in [0.2, 0.25) is 0 Å². The van der Waals surface area contributed by atoms with E-state index >= 15 is 0 Å². The molecule has 0 aliphatic heterocycles. The predicted molar refractivity (Wildman–Crippen MR) is 95.7 cm³/mol. The molecule has 6 nitrogen and oxygen atoms in total. The van der Waals surface area contributed by atoms with Crippen LogP contribution in [0.3, 0.4) is 0 Å². The quantitative estimate of drug-likeness (QED) is 0.671. The van der Waals surface area contributed by atoms with Gasteiger partial charge < -0.3 is 5.32 Å². The summed E-state index contributed by atoms with van der Waals surface area (Å²) < 4.78 is 54.8. The molecular weight excluding hydrogens is 390 g/mol. The first-order chi connectivity index (χ1) is 13.6. The van der Waals surface area contributed by atoms with E-state index in [0.29, 0.717) is 35.5 Å². The lowest BCUT2D eigenvalue weighted by Crippen LogP contribution is -2.46. The Morgan fingerprint density at radius 2 is 1.97 bits per heavy atom. The van der Waals surface area contributed by atoms with Gasteiger partial charge in [-0.05, 0) is 44.7 Å². The zero-order valence-electron chi connectivity index (χ0n) is 15.6. The number of carbonyl (C=O) groups excluding carboxylic acids is 1. The molecule has 0 aromatic carbocycles. The van der Waals surface area contributed by atoms with Gasteiger partial charge in [0.05, 0.1) is 18.1 Å². The molecule has 10 heteroatoms. The topological polar surface area (TPSA) is 72.2 Å². The molecule has 0 radical (unpaired) electrons. The van der Waals surface area contributed by atoms with Crippen molar-refractivity contribution in [2.45, 2.75) is 38.9 Å². The largest absolute Gasteiger partial charge is 0.408 e. The molecule has 1 amide bonds. The molecule has 3 aromatic heterocycles. The van der Waals surface area contributed by atoms with Crippen LogP contribution in [0.5, 0.6) is 0 Å². The second kappa shape index (κ2) is 6.78. The van der Waals surface area contributed by atoms with Gasteiger partial charge in [-0.1, -0.05) is 0 Å². The number of alkyl halides is 3. The highest BCUT2D eigenvalue weighted by Gasteiger charge is 2.49. The lowest BCUT2D eigenvalue weighted by Gasteiger charge is -2.20. The first kappa shape index (κ1) is 19.3. The van der Waals surface area contributed by atoms with Crippen LogP contribution in [0.15, 0.2) is 24.5 Å². The summed E-state index contributed by atoms with van der Waals surface area (Å²) >= 11 is 0. The van der Waals surface area contributed by atoms with Crippen LogP contribution in [0.25, 0.3) is 16.9 Å². The first-order valence-electron chi connectivity index (χ1n) is 9.00. The number of aromatic nitrogens is 4. The van der Waals surface area contributed by atoms with Crippen LogP contribution in [0.2, 0.25) is 0 Å². The van der Waals surface area contributed by atoms with Crippen molar-refractivity contribution in [1.82, 2.24) is 24.9 Å². The van der Waals surface area contributed by atoms with Gasteiger partial charge in [-0.3, -0.25) is 9.78 Å². The van der Waals surface area contributed by atoms with Crippen LogP contribution in [0.1, 0.15) is 34.6 Å². The average Bonchev–Trinajstić information content (AvgIpc) is 3.38. The molecule has 3 aromatic rings. The molecule has 1 atom stereocenters. The second-order valence-electron chi connectivity index (χ2n) is 7.19. The maximum absolute atomic E-state index is 13.7. The fourth-order valence-corrected chi connectivity index (χ4v) is 3.29. The highest BCUT2D eigenvalue weighted by atomic mass is 19.4. The van der Waals surface area contributed by atoms with Gasteiger partial charge in [-0.2, -0.15) is 18.3 Å². The molecule has 0 spiro atoms. The number of halogens is 4. The summed E-state index contributed by atoms with van der Waals surface area (Å²) in [6.45, 7) is 3.39. The third-order valence-electron chi connectivity index (χ3n) is 4.96. The van der Waals surface area contributed by atoms with Gasteiger partial charge in [-0.15, -0.1) is 0 Å². The molecule has 3 heterocycles. The molecule has 1 fully saturated rings. The smallest absolute Gasteiger partial charge is 0.340 e. The molecule has 1 saturated carbocycles. The minimum atomic E-state index is -4.53. The third kappa shape index (κ3) is 3.66. The predicted octanol–water partition coefficient (Wildman–Crippen LogP) is 3.62. The van der Waals surface area contributed by atoms with E-state index in [-0.39, 0.29) is 11.2 Å². The van der Waals surface area contributed by atoms with E-state index in [1.807, 2.05) is 0 Å². The number of carbonyl (C=O) groups is 1. The summed E-state index contributed by atoms with van der Waals surface area (Å²) in [5.41, 5.74) is 1.91. The summed E-state index contributed by atoms with van der Waals surface area (Å²) in [5.74, 6) is -2.05. The van der Waals surface area contributed by atoms with E-state index in [0.717, 1.165) is 6.20 Å². The summed E-state index contributed by atoms with van der Waals surface area (Å²) in [6.07, 6.45) is -1.42. The number of fused-ring (bicyclic) bond motifs is 1. The van der Waals surface area contributed by atoms with Crippen molar-refractivity contribution in [2.24, 2.45) is 5.92 Å². The van der Waals surface area contributed by atoms with Crippen molar-refractivity contribution in [2.75, 3.05) is 0 Å². The second-order valence-corrected chi connectivity index (χ2v) is 7.19. The van der Waals surface area contributed by atoms with E-state index < -0.39 is 29.9 Å². The van der Waals surface area contributed by atoms with E-state index in [4.69, 9.17) is 0 Å². The summed E-state index contributed by atoms with van der Waals surface area (Å²) in [6, 6.07) is 1.01. The molecule has 1 N–H and O–H groups in total. The number of hydrogen-bond donors (Lipinski definition) is 1. The van der Waals surface area contributed by atoms with Crippen LogP contribution >= 0.6 is 0 Å². The van der Waals surface area contributed by atoms with Gasteiger partial charge >= 0.3 is 6.18 Å². The summed E-state index contributed by atoms with van der Waals surface area (Å²) in [5, 5.41) is 6.15. The maximum atomic E-state index is 13.7. The Hall–Kier alpha value is -3.04. The van der Waals surface area contributed by atoms with Crippen molar-refractivity contribution >= 4 is 11.6 Å². The van der Waals surface area contributed by atoms with E-state index in [1.165, 1.54) is 16.8 Å². The fourth-order valence-electron chi connectivity index (χ4n) is 3.29. The average molecular weight is 407 g/mol. The molecule has 0 bridgehead atoms. The Balaban J connectivity index is 1.75. The zero-order chi connectivity index (χ0) is 20.9. The molecule has 4 rings (SSSR count). The van der Waals surface area contributed by atoms with Crippen molar-refractivity contribution in [3.63, 3.8) is 0 Å². The Morgan fingerprint density at radius 3 is 2.62 bits per heavy atom.